The number of benzene rings is 1. The monoisotopic (exact) mass is 238 g/mol. The molecule has 0 saturated carbocycles. The van der Waals surface area contributed by atoms with Crippen molar-refractivity contribution in [2.75, 3.05) is 0 Å². The fourth-order valence-corrected chi connectivity index (χ4v) is 1.58. The summed E-state index contributed by atoms with van der Waals surface area (Å²) in [5, 5.41) is 16.2. The Morgan fingerprint density at radius 2 is 2.00 bits per heavy atom. The third-order valence-electron chi connectivity index (χ3n) is 1.79. The zero-order valence-electron chi connectivity index (χ0n) is 6.66. The second-order valence-corrected chi connectivity index (χ2v) is 3.41. The molecule has 0 atom stereocenters. The molecular weight excluding hydrogens is 232 g/mol. The molecule has 2 aromatic rings. The molecule has 13 heavy (non-hydrogen) atoms. The van der Waals surface area contributed by atoms with E-state index >= 15 is 0 Å². The third kappa shape index (κ3) is 1.45. The second kappa shape index (κ2) is 3.22. The molecule has 0 aliphatic heterocycles. The normalized spacial score (nSPS) is 10.2. The van der Waals surface area contributed by atoms with E-state index in [0.717, 1.165) is 15.7 Å². The maximum Gasteiger partial charge on any atom is 0.123 e. The van der Waals surface area contributed by atoms with Gasteiger partial charge in [-0.05, 0) is 22.0 Å². The van der Waals surface area contributed by atoms with Crippen molar-refractivity contribution in [1.29, 1.82) is 0 Å². The number of aromatic amines is 1. The van der Waals surface area contributed by atoms with E-state index in [1.165, 1.54) is 0 Å². The average molecular weight is 239 g/mol. The molecule has 3 nitrogen and oxygen atoms in total. The Balaban J connectivity index is 2.59. The highest BCUT2D eigenvalue weighted by Crippen LogP contribution is 2.32. The van der Waals surface area contributed by atoms with E-state index in [9.17, 15) is 5.11 Å². The Kier molecular flexibility index (Phi) is 2.06. The van der Waals surface area contributed by atoms with Gasteiger partial charge in [0.05, 0.1) is 6.20 Å². The Hall–Kier alpha value is -1.29. The molecule has 2 N–H and O–H groups in total. The first-order valence-corrected chi connectivity index (χ1v) is 4.55. The summed E-state index contributed by atoms with van der Waals surface area (Å²) in [6.45, 7) is 0. The minimum atomic E-state index is 0.254. The highest BCUT2D eigenvalue weighted by atomic mass is 79.9. The van der Waals surface area contributed by atoms with Crippen molar-refractivity contribution in [3.63, 3.8) is 0 Å². The smallest absolute Gasteiger partial charge is 0.123 e. The van der Waals surface area contributed by atoms with Gasteiger partial charge in [-0.2, -0.15) is 5.10 Å². The summed E-state index contributed by atoms with van der Waals surface area (Å²) in [5.74, 6) is 0.254. The molecule has 0 radical (unpaired) electrons. The largest absolute Gasteiger partial charge is 0.507 e. The van der Waals surface area contributed by atoms with Gasteiger partial charge in [0.2, 0.25) is 0 Å². The van der Waals surface area contributed by atoms with Crippen LogP contribution >= 0.6 is 15.9 Å². The van der Waals surface area contributed by atoms with Gasteiger partial charge in [-0.1, -0.05) is 18.2 Å². The Morgan fingerprint density at radius 3 is 2.62 bits per heavy atom. The summed E-state index contributed by atoms with van der Waals surface area (Å²) in [7, 11) is 0. The lowest BCUT2D eigenvalue weighted by Gasteiger charge is -2.00. The van der Waals surface area contributed by atoms with Gasteiger partial charge in [0.25, 0.3) is 0 Å². The topological polar surface area (TPSA) is 48.9 Å². The van der Waals surface area contributed by atoms with Gasteiger partial charge in [0.15, 0.2) is 0 Å². The number of aromatic nitrogens is 2. The van der Waals surface area contributed by atoms with Crippen LogP contribution in [0, 0.1) is 0 Å². The number of H-pyrrole nitrogens is 1. The van der Waals surface area contributed by atoms with Crippen molar-refractivity contribution in [2.45, 2.75) is 0 Å². The van der Waals surface area contributed by atoms with E-state index < -0.39 is 0 Å². The Morgan fingerprint density at radius 1 is 1.23 bits per heavy atom. The number of nitrogens with one attached hydrogen (secondary N) is 1. The molecule has 0 unspecified atom stereocenters. The van der Waals surface area contributed by atoms with Crippen LogP contribution in [0.15, 0.2) is 35.1 Å². The van der Waals surface area contributed by atoms with Crippen LogP contribution in [0.5, 0.6) is 5.75 Å². The molecule has 4 heteroatoms. The van der Waals surface area contributed by atoms with E-state index in [2.05, 4.69) is 26.1 Å². The van der Waals surface area contributed by atoms with Crippen LogP contribution < -0.4 is 0 Å². The quantitative estimate of drug-likeness (QED) is 0.803. The summed E-state index contributed by atoms with van der Waals surface area (Å²) in [5.41, 5.74) is 1.63. The highest BCUT2D eigenvalue weighted by Gasteiger charge is 2.07. The third-order valence-corrected chi connectivity index (χ3v) is 2.39. The minimum absolute atomic E-state index is 0.254. The first kappa shape index (κ1) is 8.31. The molecule has 0 aliphatic rings. The number of phenolic OH excluding ortho intramolecular Hbond substituents is 1. The summed E-state index contributed by atoms with van der Waals surface area (Å²) >= 11 is 3.31. The van der Waals surface area contributed by atoms with Crippen LogP contribution in [-0.4, -0.2) is 15.3 Å². The van der Waals surface area contributed by atoms with E-state index in [-0.39, 0.29) is 5.75 Å². The lowest BCUT2D eigenvalue weighted by molar-refractivity contribution is 0.477. The van der Waals surface area contributed by atoms with Gasteiger partial charge >= 0.3 is 0 Å². The predicted octanol–water partition coefficient (Wildman–Crippen LogP) is 2.54. The maximum atomic E-state index is 9.54. The van der Waals surface area contributed by atoms with Gasteiger partial charge in [0.1, 0.15) is 10.4 Å². The summed E-state index contributed by atoms with van der Waals surface area (Å²) in [4.78, 5) is 0. The molecule has 0 fully saturated rings. The predicted molar refractivity (Wildman–Crippen MR) is 53.4 cm³/mol. The van der Waals surface area contributed by atoms with Crippen molar-refractivity contribution < 1.29 is 5.11 Å². The van der Waals surface area contributed by atoms with E-state index in [0.29, 0.717) is 0 Å². The van der Waals surface area contributed by atoms with Crippen molar-refractivity contribution in [3.8, 4) is 16.9 Å². The number of phenols is 1. The number of halogens is 1. The van der Waals surface area contributed by atoms with E-state index in [4.69, 9.17) is 0 Å². The SMILES string of the molecule is Oc1ccccc1-c1cn[nH]c1Br. The lowest BCUT2D eigenvalue weighted by Crippen LogP contribution is -1.76. The zero-order valence-corrected chi connectivity index (χ0v) is 8.25. The molecule has 0 spiro atoms. The van der Waals surface area contributed by atoms with Crippen molar-refractivity contribution >= 4 is 15.9 Å². The molecule has 1 aromatic heterocycles. The van der Waals surface area contributed by atoms with Crippen molar-refractivity contribution in [3.05, 3.63) is 35.1 Å². The van der Waals surface area contributed by atoms with Gasteiger partial charge in [0, 0.05) is 11.1 Å². The number of rotatable bonds is 1. The van der Waals surface area contributed by atoms with Gasteiger partial charge in [-0.15, -0.1) is 0 Å². The van der Waals surface area contributed by atoms with Crippen LogP contribution in [0.4, 0.5) is 0 Å². The van der Waals surface area contributed by atoms with E-state index in [1.807, 2.05) is 12.1 Å². The molecule has 66 valence electrons. The van der Waals surface area contributed by atoms with Crippen molar-refractivity contribution in [2.24, 2.45) is 0 Å². The number of hydrogen-bond donors (Lipinski definition) is 2. The number of hydrogen-bond acceptors (Lipinski definition) is 2. The summed E-state index contributed by atoms with van der Waals surface area (Å²) < 4.78 is 0.772. The molecule has 1 aromatic carbocycles. The zero-order chi connectivity index (χ0) is 9.26. The average Bonchev–Trinajstić information content (AvgIpc) is 2.52. The molecule has 0 saturated heterocycles. The summed E-state index contributed by atoms with van der Waals surface area (Å²) in [6.07, 6.45) is 1.67. The fourth-order valence-electron chi connectivity index (χ4n) is 1.16. The van der Waals surface area contributed by atoms with Gasteiger partial charge in [-0.25, -0.2) is 0 Å². The van der Waals surface area contributed by atoms with Crippen LogP contribution in [-0.2, 0) is 0 Å². The minimum Gasteiger partial charge on any atom is -0.507 e. The van der Waals surface area contributed by atoms with Crippen molar-refractivity contribution in [1.82, 2.24) is 10.2 Å². The number of nitrogens with zero attached hydrogens (tertiary/aromatic N) is 1. The molecule has 2 rings (SSSR count). The Bertz CT molecular complexity index is 425. The van der Waals surface area contributed by atoms with Crippen LogP contribution in [0.25, 0.3) is 11.1 Å². The molecular formula is C9H7BrN2O. The van der Waals surface area contributed by atoms with Gasteiger partial charge < -0.3 is 5.11 Å². The highest BCUT2D eigenvalue weighted by molar-refractivity contribution is 9.10. The van der Waals surface area contributed by atoms with Gasteiger partial charge in [-0.3, -0.25) is 5.10 Å². The molecule has 0 aliphatic carbocycles. The molecule has 0 bridgehead atoms. The van der Waals surface area contributed by atoms with Crippen LogP contribution in [0.2, 0.25) is 0 Å². The maximum absolute atomic E-state index is 9.54. The Labute approximate surface area is 83.5 Å². The first-order chi connectivity index (χ1) is 6.29. The fraction of sp³-hybridized carbons (Fsp3) is 0. The van der Waals surface area contributed by atoms with Crippen LogP contribution in [0.1, 0.15) is 0 Å². The molecule has 1 heterocycles. The first-order valence-electron chi connectivity index (χ1n) is 3.76. The standard InChI is InChI=1S/C9H7BrN2O/c10-9-7(5-11-12-9)6-3-1-2-4-8(6)13/h1-5,13H,(H,11,12). The van der Waals surface area contributed by atoms with Crippen LogP contribution in [0.3, 0.4) is 0 Å². The second-order valence-electron chi connectivity index (χ2n) is 2.61. The number of aromatic hydroxyl groups is 1. The van der Waals surface area contributed by atoms with E-state index in [1.54, 1.807) is 18.3 Å². The lowest BCUT2D eigenvalue weighted by atomic mass is 10.1. The number of para-hydroxylation sites is 1. The molecule has 0 amide bonds. The summed E-state index contributed by atoms with van der Waals surface area (Å²) in [6, 6.07) is 7.14.